The standard InChI is InChI=1S/C13H11NO.C5H10O3/c1-9-6-7-11-13(8-9)15-12-5-3-2-4-10(12)14-11;6-4-1-2-8-3-5(4)7/h2-8,14H,1H3;4-7H,1-3H2. The lowest BCUT2D eigenvalue weighted by Crippen LogP contribution is -2.36. The van der Waals surface area contributed by atoms with Crippen LogP contribution < -0.4 is 10.1 Å². The molecule has 0 amide bonds. The van der Waals surface area contributed by atoms with Crippen LogP contribution >= 0.6 is 0 Å². The molecule has 3 N–H and O–H groups in total. The molecule has 1 fully saturated rings. The zero-order valence-corrected chi connectivity index (χ0v) is 13.0. The van der Waals surface area contributed by atoms with E-state index in [1.54, 1.807) is 0 Å². The highest BCUT2D eigenvalue weighted by Crippen LogP contribution is 2.41. The predicted molar refractivity (Wildman–Crippen MR) is 88.4 cm³/mol. The highest BCUT2D eigenvalue weighted by molar-refractivity contribution is 5.75. The number of ether oxygens (including phenoxy) is 2. The van der Waals surface area contributed by atoms with E-state index < -0.39 is 12.2 Å². The van der Waals surface area contributed by atoms with E-state index in [0.717, 1.165) is 22.9 Å². The molecule has 2 atom stereocenters. The van der Waals surface area contributed by atoms with Gasteiger partial charge in [0.2, 0.25) is 0 Å². The van der Waals surface area contributed by atoms with Crippen molar-refractivity contribution in [1.82, 2.24) is 0 Å². The van der Waals surface area contributed by atoms with Crippen LogP contribution in [0, 0.1) is 6.92 Å². The largest absolute Gasteiger partial charge is 0.453 e. The SMILES string of the molecule is Cc1ccc2c(c1)Oc1ccccc1N2.OC1CCOCC1O. The lowest BCUT2D eigenvalue weighted by atomic mass is 10.1. The van der Waals surface area contributed by atoms with Gasteiger partial charge in [-0.2, -0.15) is 0 Å². The van der Waals surface area contributed by atoms with Crippen LogP contribution in [0.3, 0.4) is 0 Å². The van der Waals surface area contributed by atoms with Crippen LogP contribution in [0.1, 0.15) is 12.0 Å². The molecule has 2 aromatic carbocycles. The van der Waals surface area contributed by atoms with E-state index in [-0.39, 0.29) is 6.61 Å². The third kappa shape index (κ3) is 3.82. The lowest BCUT2D eigenvalue weighted by molar-refractivity contribution is -0.0852. The number of fused-ring (bicyclic) bond motifs is 2. The molecule has 2 heterocycles. The number of hydrogen-bond acceptors (Lipinski definition) is 5. The molecule has 23 heavy (non-hydrogen) atoms. The molecule has 0 aliphatic carbocycles. The summed E-state index contributed by atoms with van der Waals surface area (Å²) in [5, 5.41) is 21.0. The van der Waals surface area contributed by atoms with E-state index in [1.807, 2.05) is 36.4 Å². The van der Waals surface area contributed by atoms with Gasteiger partial charge in [-0.3, -0.25) is 0 Å². The summed E-state index contributed by atoms with van der Waals surface area (Å²) < 4.78 is 10.6. The first-order chi connectivity index (χ1) is 11.1. The van der Waals surface area contributed by atoms with Crippen LogP contribution in [0.4, 0.5) is 11.4 Å². The van der Waals surface area contributed by atoms with Gasteiger partial charge in [-0.1, -0.05) is 18.2 Å². The van der Waals surface area contributed by atoms with Gasteiger partial charge in [-0.15, -0.1) is 0 Å². The second-order valence-corrected chi connectivity index (χ2v) is 5.72. The van der Waals surface area contributed by atoms with Crippen LogP contribution in [0.2, 0.25) is 0 Å². The number of hydrogen-bond donors (Lipinski definition) is 3. The van der Waals surface area contributed by atoms with Gasteiger partial charge >= 0.3 is 0 Å². The number of aryl methyl sites for hydroxylation is 1. The molecule has 2 aromatic rings. The van der Waals surface area contributed by atoms with Crippen molar-refractivity contribution >= 4 is 11.4 Å². The third-order valence-electron chi connectivity index (χ3n) is 3.80. The smallest absolute Gasteiger partial charge is 0.151 e. The van der Waals surface area contributed by atoms with Gasteiger partial charge in [-0.25, -0.2) is 0 Å². The van der Waals surface area contributed by atoms with E-state index in [0.29, 0.717) is 13.0 Å². The molecule has 5 heteroatoms. The summed E-state index contributed by atoms with van der Waals surface area (Å²) in [6.07, 6.45) is -0.672. The molecule has 2 aliphatic heterocycles. The highest BCUT2D eigenvalue weighted by Gasteiger charge is 2.20. The predicted octanol–water partition coefficient (Wildman–Crippen LogP) is 2.97. The van der Waals surface area contributed by atoms with E-state index in [4.69, 9.17) is 19.7 Å². The maximum Gasteiger partial charge on any atom is 0.151 e. The first-order valence-corrected chi connectivity index (χ1v) is 7.72. The molecule has 0 radical (unpaired) electrons. The summed E-state index contributed by atoms with van der Waals surface area (Å²) in [5.74, 6) is 1.78. The van der Waals surface area contributed by atoms with Crippen molar-refractivity contribution in [3.63, 3.8) is 0 Å². The Hall–Kier alpha value is -2.08. The zero-order chi connectivity index (χ0) is 16.2. The Labute approximate surface area is 135 Å². The van der Waals surface area contributed by atoms with Gasteiger partial charge in [0, 0.05) is 6.61 Å². The minimum Gasteiger partial charge on any atom is -0.453 e. The summed E-state index contributed by atoms with van der Waals surface area (Å²) >= 11 is 0. The van der Waals surface area contributed by atoms with Gasteiger partial charge in [0.15, 0.2) is 11.5 Å². The van der Waals surface area contributed by atoms with Crippen molar-refractivity contribution in [2.24, 2.45) is 0 Å². The third-order valence-corrected chi connectivity index (χ3v) is 3.80. The second-order valence-electron chi connectivity index (χ2n) is 5.72. The van der Waals surface area contributed by atoms with Crippen LogP contribution in [0.25, 0.3) is 0 Å². The molecule has 0 bridgehead atoms. The van der Waals surface area contributed by atoms with Gasteiger partial charge < -0.3 is 25.0 Å². The normalized spacial score (nSPS) is 21.7. The molecule has 0 aromatic heterocycles. The number of nitrogens with one attached hydrogen (secondary N) is 1. The number of benzene rings is 2. The molecule has 5 nitrogen and oxygen atoms in total. The van der Waals surface area contributed by atoms with Crippen molar-refractivity contribution < 1.29 is 19.7 Å². The van der Waals surface area contributed by atoms with Crippen molar-refractivity contribution in [3.8, 4) is 11.5 Å². The quantitative estimate of drug-likeness (QED) is 0.595. The Morgan fingerprint density at radius 2 is 1.78 bits per heavy atom. The minimum atomic E-state index is -0.663. The van der Waals surface area contributed by atoms with Crippen LogP contribution in [-0.2, 0) is 4.74 Å². The Bertz CT molecular complexity index is 664. The van der Waals surface area contributed by atoms with Crippen LogP contribution in [0.15, 0.2) is 42.5 Å². The molecule has 0 saturated carbocycles. The summed E-state index contributed by atoms with van der Waals surface area (Å²) in [7, 11) is 0. The average molecular weight is 315 g/mol. The summed E-state index contributed by atoms with van der Waals surface area (Å²) in [4.78, 5) is 0. The van der Waals surface area contributed by atoms with Crippen molar-refractivity contribution in [2.45, 2.75) is 25.6 Å². The molecule has 1 saturated heterocycles. The lowest BCUT2D eigenvalue weighted by Gasteiger charge is -2.22. The van der Waals surface area contributed by atoms with E-state index >= 15 is 0 Å². The number of aliphatic hydroxyl groups is 2. The number of rotatable bonds is 0. The average Bonchev–Trinajstić information content (AvgIpc) is 2.56. The fourth-order valence-corrected chi connectivity index (χ4v) is 2.45. The minimum absolute atomic E-state index is 0.279. The van der Waals surface area contributed by atoms with Crippen molar-refractivity contribution in [1.29, 1.82) is 0 Å². The van der Waals surface area contributed by atoms with Crippen LogP contribution in [-0.4, -0.2) is 35.6 Å². The zero-order valence-electron chi connectivity index (χ0n) is 13.0. The molecular weight excluding hydrogens is 294 g/mol. The molecule has 4 rings (SSSR count). The molecule has 2 unspecified atom stereocenters. The molecule has 2 aliphatic rings. The fourth-order valence-electron chi connectivity index (χ4n) is 2.45. The van der Waals surface area contributed by atoms with Gasteiger partial charge in [-0.05, 0) is 43.2 Å². The number of anilines is 2. The highest BCUT2D eigenvalue weighted by atomic mass is 16.5. The van der Waals surface area contributed by atoms with E-state index in [9.17, 15) is 0 Å². The summed E-state index contributed by atoms with van der Waals surface area (Å²) in [6, 6.07) is 14.1. The van der Waals surface area contributed by atoms with E-state index in [2.05, 4.69) is 18.3 Å². The van der Waals surface area contributed by atoms with Gasteiger partial charge in [0.25, 0.3) is 0 Å². The topological polar surface area (TPSA) is 71.0 Å². The van der Waals surface area contributed by atoms with E-state index in [1.165, 1.54) is 5.56 Å². The number of aliphatic hydroxyl groups excluding tert-OH is 2. The first kappa shape index (κ1) is 15.8. The van der Waals surface area contributed by atoms with Crippen molar-refractivity contribution in [2.75, 3.05) is 18.5 Å². The Kier molecular flexibility index (Phi) is 4.81. The number of para-hydroxylation sites is 2. The second kappa shape index (κ2) is 7.00. The Morgan fingerprint density at radius 1 is 1.00 bits per heavy atom. The molecular formula is C18H21NO4. The summed E-state index contributed by atoms with van der Waals surface area (Å²) in [6.45, 7) is 2.91. The van der Waals surface area contributed by atoms with Crippen LogP contribution in [0.5, 0.6) is 11.5 Å². The Balaban J connectivity index is 0.000000166. The maximum atomic E-state index is 8.85. The maximum absolute atomic E-state index is 8.85. The monoisotopic (exact) mass is 315 g/mol. The fraction of sp³-hybridized carbons (Fsp3) is 0.333. The van der Waals surface area contributed by atoms with Crippen molar-refractivity contribution in [3.05, 3.63) is 48.0 Å². The molecule has 122 valence electrons. The van der Waals surface area contributed by atoms with Gasteiger partial charge in [0.05, 0.1) is 24.1 Å². The molecule has 0 spiro atoms. The summed E-state index contributed by atoms with van der Waals surface area (Å²) in [5.41, 5.74) is 3.25. The first-order valence-electron chi connectivity index (χ1n) is 7.72. The Morgan fingerprint density at radius 3 is 2.52 bits per heavy atom. The van der Waals surface area contributed by atoms with Gasteiger partial charge in [0.1, 0.15) is 6.10 Å².